The maximum absolute atomic E-state index is 9.44. The first-order valence-electron chi connectivity index (χ1n) is 1.86. The van der Waals surface area contributed by atoms with Gasteiger partial charge in [0.25, 0.3) is 0 Å². The Hall–Kier alpha value is 0.650. The van der Waals surface area contributed by atoms with Crippen LogP contribution in [-0.4, -0.2) is 24.5 Å². The Morgan fingerprint density at radius 3 is 1.18 bits per heavy atom. The molecule has 70 valence electrons. The molecule has 0 amide bonds. The van der Waals surface area contributed by atoms with Gasteiger partial charge in [0.05, 0.1) is 0 Å². The standard InChI is InChI=1S/H4O5P2.H3O3P/c1-6(2)5-7(3)4;1-4(2)3/h6-7H,(H,1,2)(H,3,4);1-3H. The summed E-state index contributed by atoms with van der Waals surface area (Å²) >= 11 is 0. The molecular formula is H7O8P3. The molecule has 0 saturated heterocycles. The molecule has 0 aliphatic heterocycles. The second-order valence-electron chi connectivity index (χ2n) is 0.902. The van der Waals surface area contributed by atoms with E-state index in [2.05, 4.69) is 4.31 Å². The lowest BCUT2D eigenvalue weighted by Crippen LogP contribution is -1.58. The summed E-state index contributed by atoms with van der Waals surface area (Å²) in [6.07, 6.45) is 0. The molecule has 0 spiro atoms. The van der Waals surface area contributed by atoms with Crippen molar-refractivity contribution in [2.75, 3.05) is 0 Å². The zero-order chi connectivity index (χ0) is 9.44. The normalized spacial score (nSPS) is 15.1. The van der Waals surface area contributed by atoms with Crippen molar-refractivity contribution in [2.45, 2.75) is 0 Å². The molecule has 0 heterocycles. The van der Waals surface area contributed by atoms with E-state index in [0.717, 1.165) is 0 Å². The van der Waals surface area contributed by atoms with Crippen molar-refractivity contribution in [3.63, 3.8) is 0 Å². The molecule has 11 heteroatoms. The predicted octanol–water partition coefficient (Wildman–Crippen LogP) is -1.04. The summed E-state index contributed by atoms with van der Waals surface area (Å²) < 4.78 is 22.3. The second-order valence-corrected chi connectivity index (χ2v) is 3.32. The predicted molar refractivity (Wildman–Crippen MR) is 37.1 cm³/mol. The molecule has 0 fully saturated rings. The highest BCUT2D eigenvalue weighted by atomic mass is 31.2. The molecule has 0 aliphatic carbocycles. The Labute approximate surface area is 64.0 Å². The molecule has 0 aromatic carbocycles. The third-order valence-corrected chi connectivity index (χ3v) is 1.57. The number of rotatable bonds is 2. The largest absolute Gasteiger partial charge is 0.328 e. The summed E-state index contributed by atoms with van der Waals surface area (Å²) in [6.45, 7) is 0. The maximum Gasteiger partial charge on any atom is 0.324 e. The van der Waals surface area contributed by atoms with Gasteiger partial charge in [0.15, 0.2) is 0 Å². The first kappa shape index (κ1) is 14.2. The summed E-state index contributed by atoms with van der Waals surface area (Å²) in [7, 11) is -9.02. The van der Waals surface area contributed by atoms with Gasteiger partial charge in [-0.15, -0.1) is 0 Å². The molecule has 0 radical (unpaired) electrons. The van der Waals surface area contributed by atoms with Gasteiger partial charge in [-0.05, 0) is 0 Å². The van der Waals surface area contributed by atoms with Crippen LogP contribution in [0.5, 0.6) is 0 Å². The summed E-state index contributed by atoms with van der Waals surface area (Å²) in [4.78, 5) is 37.1. The fourth-order valence-electron chi connectivity index (χ4n) is 0.0747. The monoisotopic (exact) mass is 228 g/mol. The topological polar surface area (TPSA) is 145 Å². The Morgan fingerprint density at radius 1 is 1.00 bits per heavy atom. The van der Waals surface area contributed by atoms with Crippen LogP contribution >= 0.6 is 25.1 Å². The summed E-state index contributed by atoms with van der Waals surface area (Å²) in [5, 5.41) is 0. The van der Waals surface area contributed by atoms with Crippen molar-refractivity contribution in [2.24, 2.45) is 0 Å². The molecule has 0 rings (SSSR count). The van der Waals surface area contributed by atoms with Gasteiger partial charge in [-0.1, -0.05) is 0 Å². The first-order chi connectivity index (χ1) is 4.86. The van der Waals surface area contributed by atoms with E-state index in [-0.39, 0.29) is 0 Å². The SMILES string of the molecule is O=[PH](O)O[PH](=O)O.OP(O)O. The van der Waals surface area contributed by atoms with Gasteiger partial charge in [-0.3, -0.25) is 9.13 Å². The van der Waals surface area contributed by atoms with Gasteiger partial charge >= 0.3 is 25.1 Å². The fourth-order valence-corrected chi connectivity index (χ4v) is 0.672. The minimum atomic E-state index is -3.20. The average Bonchev–Trinajstić information content (AvgIpc) is 1.56. The Bertz CT molecular complexity index is 113. The van der Waals surface area contributed by atoms with E-state index in [0.29, 0.717) is 0 Å². The van der Waals surface area contributed by atoms with Crippen LogP contribution < -0.4 is 0 Å². The van der Waals surface area contributed by atoms with Crippen molar-refractivity contribution in [1.82, 2.24) is 0 Å². The van der Waals surface area contributed by atoms with E-state index >= 15 is 0 Å². The molecule has 8 nitrogen and oxygen atoms in total. The lowest BCUT2D eigenvalue weighted by Gasteiger charge is -1.86. The van der Waals surface area contributed by atoms with E-state index < -0.39 is 25.1 Å². The third-order valence-electron chi connectivity index (χ3n) is 0.175. The zero-order valence-corrected chi connectivity index (χ0v) is 7.80. The van der Waals surface area contributed by atoms with Gasteiger partial charge in [-0.2, -0.15) is 0 Å². The Morgan fingerprint density at radius 2 is 1.18 bits per heavy atom. The third kappa shape index (κ3) is 36.9. The molecular weight excluding hydrogens is 221 g/mol. The molecule has 0 bridgehead atoms. The smallest absolute Gasteiger partial charge is 0.324 e. The van der Waals surface area contributed by atoms with Crippen LogP contribution in [0.4, 0.5) is 0 Å². The van der Waals surface area contributed by atoms with E-state index in [1.807, 2.05) is 0 Å². The van der Waals surface area contributed by atoms with E-state index in [1.165, 1.54) is 0 Å². The highest BCUT2D eigenvalue weighted by Gasteiger charge is 1.93. The minimum Gasteiger partial charge on any atom is -0.328 e. The van der Waals surface area contributed by atoms with Crippen LogP contribution in [0.2, 0.25) is 0 Å². The van der Waals surface area contributed by atoms with Crippen molar-refractivity contribution >= 4 is 25.1 Å². The molecule has 0 aliphatic rings. The molecule has 0 aromatic heterocycles. The number of hydrogen-bond donors (Lipinski definition) is 5. The van der Waals surface area contributed by atoms with Crippen LogP contribution in [0, 0.1) is 0 Å². The van der Waals surface area contributed by atoms with Gasteiger partial charge in [0.1, 0.15) is 0 Å². The maximum atomic E-state index is 9.44. The van der Waals surface area contributed by atoms with E-state index in [9.17, 15) is 9.13 Å². The van der Waals surface area contributed by atoms with Gasteiger partial charge in [-0.25, -0.2) is 4.31 Å². The quantitative estimate of drug-likeness (QED) is 0.376. The highest BCUT2D eigenvalue weighted by molar-refractivity contribution is 7.46. The molecule has 2 unspecified atom stereocenters. The summed E-state index contributed by atoms with van der Waals surface area (Å²) in [5.41, 5.74) is 0. The first-order valence-corrected chi connectivity index (χ1v) is 5.59. The number of hydrogen-bond acceptors (Lipinski definition) is 6. The van der Waals surface area contributed by atoms with E-state index in [4.69, 9.17) is 24.5 Å². The lowest BCUT2D eigenvalue weighted by atomic mass is 15.8. The van der Waals surface area contributed by atoms with Crippen LogP contribution in [0.1, 0.15) is 0 Å². The molecule has 0 saturated carbocycles. The second kappa shape index (κ2) is 8.74. The zero-order valence-electron chi connectivity index (χ0n) is 4.91. The van der Waals surface area contributed by atoms with E-state index in [1.54, 1.807) is 0 Å². The van der Waals surface area contributed by atoms with Crippen LogP contribution in [0.15, 0.2) is 0 Å². The highest BCUT2D eigenvalue weighted by Crippen LogP contribution is 2.30. The molecule has 2 atom stereocenters. The van der Waals surface area contributed by atoms with Crippen molar-refractivity contribution in [3.05, 3.63) is 0 Å². The minimum absolute atomic E-state index is 2.62. The van der Waals surface area contributed by atoms with Crippen LogP contribution in [-0.2, 0) is 13.4 Å². The average molecular weight is 228 g/mol. The van der Waals surface area contributed by atoms with Crippen molar-refractivity contribution in [3.8, 4) is 0 Å². The fraction of sp³-hybridized carbons (Fsp3) is 0. The van der Waals surface area contributed by atoms with Crippen LogP contribution in [0.3, 0.4) is 0 Å². The van der Waals surface area contributed by atoms with Crippen LogP contribution in [0.25, 0.3) is 0 Å². The van der Waals surface area contributed by atoms with Gasteiger partial charge in [0.2, 0.25) is 0 Å². The molecule has 5 N–H and O–H groups in total. The van der Waals surface area contributed by atoms with Gasteiger partial charge in [0, 0.05) is 0 Å². The molecule has 0 aromatic rings. The summed E-state index contributed by atoms with van der Waals surface area (Å²) in [5.74, 6) is 0. The molecule has 11 heavy (non-hydrogen) atoms. The lowest BCUT2D eigenvalue weighted by molar-refractivity contribution is 0.367. The summed E-state index contributed by atoms with van der Waals surface area (Å²) in [6, 6.07) is 0. The van der Waals surface area contributed by atoms with Crippen molar-refractivity contribution < 1.29 is 37.9 Å². The van der Waals surface area contributed by atoms with Crippen molar-refractivity contribution in [1.29, 1.82) is 0 Å². The Balaban J connectivity index is 0. The Kier molecular flexibility index (Phi) is 11.3. The van der Waals surface area contributed by atoms with Gasteiger partial charge < -0.3 is 24.5 Å².